The van der Waals surface area contributed by atoms with Crippen molar-refractivity contribution in [1.82, 2.24) is 5.32 Å². The van der Waals surface area contributed by atoms with Crippen molar-refractivity contribution in [3.05, 3.63) is 0 Å². The van der Waals surface area contributed by atoms with Crippen LogP contribution in [0, 0.1) is 5.92 Å². The minimum atomic E-state index is -0.0322. The topological polar surface area (TPSA) is 64.3 Å². The standard InChI is InChI=1S/C10H20N2O2/c1-2-12-10(13)7-14-9-5-3-4-8(9)6-11/h8-9H,2-7,11H2,1H3,(H,12,13). The normalized spacial score (nSPS) is 26.4. The Morgan fingerprint density at radius 1 is 1.57 bits per heavy atom. The van der Waals surface area contributed by atoms with Crippen LogP contribution in [0.1, 0.15) is 26.2 Å². The zero-order chi connectivity index (χ0) is 10.4. The van der Waals surface area contributed by atoms with Crippen molar-refractivity contribution >= 4 is 5.91 Å². The van der Waals surface area contributed by atoms with Crippen molar-refractivity contribution in [1.29, 1.82) is 0 Å². The van der Waals surface area contributed by atoms with Gasteiger partial charge in [0.1, 0.15) is 6.61 Å². The molecule has 4 heteroatoms. The fraction of sp³-hybridized carbons (Fsp3) is 0.900. The molecule has 0 saturated heterocycles. The molecule has 1 aliphatic carbocycles. The molecule has 0 aromatic rings. The zero-order valence-corrected chi connectivity index (χ0v) is 8.79. The number of rotatable bonds is 5. The predicted molar refractivity (Wildman–Crippen MR) is 54.8 cm³/mol. The van der Waals surface area contributed by atoms with Gasteiger partial charge in [-0.1, -0.05) is 6.42 Å². The first kappa shape index (κ1) is 11.5. The average Bonchev–Trinajstić information content (AvgIpc) is 2.62. The van der Waals surface area contributed by atoms with Gasteiger partial charge in [0.15, 0.2) is 0 Å². The van der Waals surface area contributed by atoms with E-state index in [1.165, 1.54) is 6.42 Å². The largest absolute Gasteiger partial charge is 0.368 e. The summed E-state index contributed by atoms with van der Waals surface area (Å²) in [6.45, 7) is 3.40. The Balaban J connectivity index is 2.20. The molecule has 1 aliphatic rings. The van der Waals surface area contributed by atoms with Crippen LogP contribution in [0.25, 0.3) is 0 Å². The predicted octanol–water partition coefficient (Wildman–Crippen LogP) is 0.267. The third kappa shape index (κ3) is 3.27. The lowest BCUT2D eigenvalue weighted by Crippen LogP contribution is -2.32. The quantitative estimate of drug-likeness (QED) is 0.669. The summed E-state index contributed by atoms with van der Waals surface area (Å²) in [6.07, 6.45) is 3.54. The first-order valence-electron chi connectivity index (χ1n) is 5.36. The summed E-state index contributed by atoms with van der Waals surface area (Å²) in [4.78, 5) is 11.1. The fourth-order valence-corrected chi connectivity index (χ4v) is 1.92. The lowest BCUT2D eigenvalue weighted by molar-refractivity contribution is -0.128. The minimum Gasteiger partial charge on any atom is -0.368 e. The van der Waals surface area contributed by atoms with Crippen molar-refractivity contribution in [2.75, 3.05) is 19.7 Å². The number of carbonyl (C=O) groups is 1. The molecule has 1 amide bonds. The van der Waals surface area contributed by atoms with Crippen LogP contribution in [-0.4, -0.2) is 31.7 Å². The molecule has 4 nitrogen and oxygen atoms in total. The zero-order valence-electron chi connectivity index (χ0n) is 8.79. The van der Waals surface area contributed by atoms with E-state index in [1.807, 2.05) is 6.92 Å². The second kappa shape index (κ2) is 5.98. The summed E-state index contributed by atoms with van der Waals surface area (Å²) in [7, 11) is 0. The van der Waals surface area contributed by atoms with E-state index >= 15 is 0 Å². The highest BCUT2D eigenvalue weighted by Crippen LogP contribution is 2.27. The van der Waals surface area contributed by atoms with Gasteiger partial charge in [-0.3, -0.25) is 4.79 Å². The summed E-state index contributed by atoms with van der Waals surface area (Å²) < 4.78 is 5.53. The first-order chi connectivity index (χ1) is 6.77. The third-order valence-electron chi connectivity index (χ3n) is 2.69. The number of hydrogen-bond donors (Lipinski definition) is 2. The molecule has 0 radical (unpaired) electrons. The molecule has 3 N–H and O–H groups in total. The number of likely N-dealkylation sites (N-methyl/N-ethyl adjacent to an activating group) is 1. The number of nitrogens with two attached hydrogens (primary N) is 1. The van der Waals surface area contributed by atoms with Gasteiger partial charge in [-0.05, 0) is 32.2 Å². The highest BCUT2D eigenvalue weighted by atomic mass is 16.5. The Bertz CT molecular complexity index is 185. The van der Waals surface area contributed by atoms with Gasteiger partial charge in [-0.2, -0.15) is 0 Å². The summed E-state index contributed by atoms with van der Waals surface area (Å²) in [5.41, 5.74) is 5.61. The maximum absolute atomic E-state index is 11.1. The fourth-order valence-electron chi connectivity index (χ4n) is 1.92. The molecule has 2 unspecified atom stereocenters. The van der Waals surface area contributed by atoms with Gasteiger partial charge < -0.3 is 15.8 Å². The number of carbonyl (C=O) groups excluding carboxylic acids is 1. The molecule has 0 bridgehead atoms. The molecule has 0 aliphatic heterocycles. The molecule has 1 saturated carbocycles. The molecule has 14 heavy (non-hydrogen) atoms. The summed E-state index contributed by atoms with van der Waals surface area (Å²) in [5, 5.41) is 2.71. The lowest BCUT2D eigenvalue weighted by atomic mass is 10.1. The van der Waals surface area contributed by atoms with Crippen LogP contribution >= 0.6 is 0 Å². The number of nitrogens with one attached hydrogen (secondary N) is 1. The SMILES string of the molecule is CCNC(=O)COC1CCCC1CN. The van der Waals surface area contributed by atoms with E-state index in [4.69, 9.17) is 10.5 Å². The van der Waals surface area contributed by atoms with E-state index in [2.05, 4.69) is 5.32 Å². The van der Waals surface area contributed by atoms with E-state index in [9.17, 15) is 4.79 Å². The van der Waals surface area contributed by atoms with Crippen molar-refractivity contribution < 1.29 is 9.53 Å². The van der Waals surface area contributed by atoms with E-state index < -0.39 is 0 Å². The molecular formula is C10H20N2O2. The van der Waals surface area contributed by atoms with Crippen LogP contribution in [0.15, 0.2) is 0 Å². The van der Waals surface area contributed by atoms with Crippen LogP contribution in [0.5, 0.6) is 0 Å². The van der Waals surface area contributed by atoms with Crippen LogP contribution < -0.4 is 11.1 Å². The molecule has 0 heterocycles. The maximum atomic E-state index is 11.1. The minimum absolute atomic E-state index is 0.0322. The van der Waals surface area contributed by atoms with Crippen molar-refractivity contribution in [2.24, 2.45) is 11.7 Å². The second-order valence-corrected chi connectivity index (χ2v) is 3.73. The molecule has 82 valence electrons. The van der Waals surface area contributed by atoms with Gasteiger partial charge in [-0.15, -0.1) is 0 Å². The van der Waals surface area contributed by atoms with Crippen LogP contribution in [-0.2, 0) is 9.53 Å². The molecule has 2 atom stereocenters. The van der Waals surface area contributed by atoms with E-state index in [0.29, 0.717) is 19.0 Å². The van der Waals surface area contributed by atoms with Crippen molar-refractivity contribution in [3.8, 4) is 0 Å². The molecule has 0 aromatic heterocycles. The van der Waals surface area contributed by atoms with Crippen LogP contribution in [0.4, 0.5) is 0 Å². The Morgan fingerprint density at radius 3 is 3.00 bits per heavy atom. The molecule has 1 rings (SSSR count). The molecule has 0 aromatic carbocycles. The van der Waals surface area contributed by atoms with Crippen molar-refractivity contribution in [3.63, 3.8) is 0 Å². The number of amides is 1. The summed E-state index contributed by atoms with van der Waals surface area (Å²) in [5.74, 6) is 0.416. The smallest absolute Gasteiger partial charge is 0.246 e. The van der Waals surface area contributed by atoms with Gasteiger partial charge >= 0.3 is 0 Å². The number of hydrogen-bond acceptors (Lipinski definition) is 3. The summed E-state index contributed by atoms with van der Waals surface area (Å²) in [6, 6.07) is 0. The second-order valence-electron chi connectivity index (χ2n) is 3.73. The van der Waals surface area contributed by atoms with Gasteiger partial charge in [0, 0.05) is 6.54 Å². The monoisotopic (exact) mass is 200 g/mol. The lowest BCUT2D eigenvalue weighted by Gasteiger charge is -2.18. The molecule has 0 spiro atoms. The average molecular weight is 200 g/mol. The van der Waals surface area contributed by atoms with E-state index in [0.717, 1.165) is 12.8 Å². The third-order valence-corrected chi connectivity index (χ3v) is 2.69. The number of ether oxygens (including phenoxy) is 1. The van der Waals surface area contributed by atoms with Gasteiger partial charge in [0.05, 0.1) is 6.10 Å². The van der Waals surface area contributed by atoms with E-state index in [-0.39, 0.29) is 18.6 Å². The maximum Gasteiger partial charge on any atom is 0.246 e. The van der Waals surface area contributed by atoms with Crippen LogP contribution in [0.3, 0.4) is 0 Å². The Kier molecular flexibility index (Phi) is 4.90. The van der Waals surface area contributed by atoms with Gasteiger partial charge in [-0.25, -0.2) is 0 Å². The first-order valence-corrected chi connectivity index (χ1v) is 5.36. The Labute approximate surface area is 85.2 Å². The van der Waals surface area contributed by atoms with Crippen LogP contribution in [0.2, 0.25) is 0 Å². The molecule has 1 fully saturated rings. The highest BCUT2D eigenvalue weighted by molar-refractivity contribution is 5.77. The molecular weight excluding hydrogens is 180 g/mol. The van der Waals surface area contributed by atoms with Gasteiger partial charge in [0.25, 0.3) is 0 Å². The Morgan fingerprint density at radius 2 is 2.36 bits per heavy atom. The summed E-state index contributed by atoms with van der Waals surface area (Å²) >= 11 is 0. The van der Waals surface area contributed by atoms with Gasteiger partial charge in [0.2, 0.25) is 5.91 Å². The highest BCUT2D eigenvalue weighted by Gasteiger charge is 2.27. The Hall–Kier alpha value is -0.610. The van der Waals surface area contributed by atoms with E-state index in [1.54, 1.807) is 0 Å². The van der Waals surface area contributed by atoms with Crippen molar-refractivity contribution in [2.45, 2.75) is 32.3 Å².